The van der Waals surface area contributed by atoms with Crippen molar-refractivity contribution in [3.05, 3.63) is 29.8 Å². The van der Waals surface area contributed by atoms with Crippen molar-refractivity contribution in [3.8, 4) is 0 Å². The fourth-order valence-corrected chi connectivity index (χ4v) is 4.45. The van der Waals surface area contributed by atoms with Crippen molar-refractivity contribution in [2.75, 3.05) is 44.6 Å². The minimum Gasteiger partial charge on any atom is -0.339 e. The highest BCUT2D eigenvalue weighted by molar-refractivity contribution is 5.89. The first-order chi connectivity index (χ1) is 12.6. The molecule has 140 valence electrons. The number of hydrogen-bond acceptors (Lipinski definition) is 3. The first kappa shape index (κ1) is 17.3. The second-order valence-corrected chi connectivity index (χ2v) is 7.98. The van der Waals surface area contributed by atoms with E-state index < -0.39 is 0 Å². The van der Waals surface area contributed by atoms with Crippen LogP contribution in [0.15, 0.2) is 24.3 Å². The molecule has 1 aromatic rings. The van der Waals surface area contributed by atoms with Crippen LogP contribution in [0.2, 0.25) is 0 Å². The molecule has 1 spiro atoms. The third-order valence-corrected chi connectivity index (χ3v) is 6.24. The highest BCUT2D eigenvalue weighted by Gasteiger charge is 2.58. The average Bonchev–Trinajstić information content (AvgIpc) is 3.34. The Labute approximate surface area is 154 Å². The van der Waals surface area contributed by atoms with Crippen LogP contribution in [-0.4, -0.2) is 61.0 Å². The average molecular weight is 356 g/mol. The zero-order valence-corrected chi connectivity index (χ0v) is 15.5. The van der Waals surface area contributed by atoms with Crippen molar-refractivity contribution in [1.29, 1.82) is 0 Å². The van der Waals surface area contributed by atoms with E-state index in [4.69, 9.17) is 0 Å². The molecule has 4 rings (SSSR count). The summed E-state index contributed by atoms with van der Waals surface area (Å²) in [5.41, 5.74) is 2.22. The number of rotatable bonds is 2. The molecule has 1 aliphatic carbocycles. The van der Waals surface area contributed by atoms with E-state index >= 15 is 0 Å². The lowest BCUT2D eigenvalue weighted by molar-refractivity contribution is -0.135. The molecule has 1 unspecified atom stereocenters. The molecule has 3 aliphatic rings. The minimum absolute atomic E-state index is 0.0797. The molecule has 1 atom stereocenters. The van der Waals surface area contributed by atoms with E-state index in [1.807, 2.05) is 36.1 Å². The SMILES string of the molecule is Cc1cccc(NC(=O)N2CCN(C(=O)C3CC34CCNCC4)CC2)c1. The molecule has 6 heteroatoms. The predicted molar refractivity (Wildman–Crippen MR) is 101 cm³/mol. The van der Waals surface area contributed by atoms with Gasteiger partial charge in [-0.1, -0.05) is 12.1 Å². The maximum atomic E-state index is 12.8. The summed E-state index contributed by atoms with van der Waals surface area (Å²) in [5.74, 6) is 0.530. The van der Waals surface area contributed by atoms with E-state index in [1.54, 1.807) is 4.90 Å². The van der Waals surface area contributed by atoms with Crippen LogP contribution in [0.4, 0.5) is 10.5 Å². The Kier molecular flexibility index (Phi) is 4.61. The van der Waals surface area contributed by atoms with Crippen LogP contribution in [0.5, 0.6) is 0 Å². The summed E-state index contributed by atoms with van der Waals surface area (Å²) in [6, 6.07) is 7.73. The van der Waals surface area contributed by atoms with Crippen LogP contribution in [0, 0.1) is 18.3 Å². The molecule has 0 aromatic heterocycles. The summed E-state index contributed by atoms with van der Waals surface area (Å²) in [7, 11) is 0. The Morgan fingerprint density at radius 3 is 2.50 bits per heavy atom. The number of benzene rings is 1. The number of piperidine rings is 1. The molecule has 6 nitrogen and oxygen atoms in total. The van der Waals surface area contributed by atoms with E-state index in [0.717, 1.165) is 43.6 Å². The summed E-state index contributed by atoms with van der Waals surface area (Å²) in [6.07, 6.45) is 3.31. The third-order valence-electron chi connectivity index (χ3n) is 6.24. The number of carbonyl (C=O) groups excluding carboxylic acids is 2. The summed E-state index contributed by atoms with van der Waals surface area (Å²) >= 11 is 0. The maximum Gasteiger partial charge on any atom is 0.321 e. The Bertz CT molecular complexity index is 691. The van der Waals surface area contributed by atoms with Crippen LogP contribution in [0.1, 0.15) is 24.8 Å². The largest absolute Gasteiger partial charge is 0.339 e. The van der Waals surface area contributed by atoms with E-state index in [0.29, 0.717) is 32.1 Å². The second kappa shape index (κ2) is 6.91. The van der Waals surface area contributed by atoms with Gasteiger partial charge in [0.1, 0.15) is 0 Å². The Morgan fingerprint density at radius 2 is 1.81 bits per heavy atom. The van der Waals surface area contributed by atoms with E-state index in [1.165, 1.54) is 0 Å². The van der Waals surface area contributed by atoms with Gasteiger partial charge in [0, 0.05) is 37.8 Å². The summed E-state index contributed by atoms with van der Waals surface area (Å²) in [6.45, 7) is 6.57. The minimum atomic E-state index is -0.0797. The number of aryl methyl sites for hydroxylation is 1. The highest BCUT2D eigenvalue weighted by atomic mass is 16.2. The van der Waals surface area contributed by atoms with Gasteiger partial charge in [0.05, 0.1) is 0 Å². The number of anilines is 1. The Hall–Kier alpha value is -2.08. The number of nitrogens with one attached hydrogen (secondary N) is 2. The number of piperazine rings is 1. The van der Waals surface area contributed by atoms with Gasteiger partial charge in [0.25, 0.3) is 0 Å². The molecule has 2 aliphatic heterocycles. The molecule has 3 amide bonds. The Balaban J connectivity index is 1.27. The first-order valence-corrected chi connectivity index (χ1v) is 9.70. The quantitative estimate of drug-likeness (QED) is 0.853. The molecular weight excluding hydrogens is 328 g/mol. The molecule has 3 fully saturated rings. The fourth-order valence-electron chi connectivity index (χ4n) is 4.45. The van der Waals surface area contributed by atoms with Crippen LogP contribution < -0.4 is 10.6 Å². The molecule has 2 N–H and O–H groups in total. The van der Waals surface area contributed by atoms with Crippen LogP contribution in [-0.2, 0) is 4.79 Å². The van der Waals surface area contributed by atoms with Gasteiger partial charge in [-0.05, 0) is 62.4 Å². The third kappa shape index (κ3) is 3.43. The zero-order chi connectivity index (χ0) is 18.1. The van der Waals surface area contributed by atoms with Gasteiger partial charge < -0.3 is 20.4 Å². The topological polar surface area (TPSA) is 64.7 Å². The van der Waals surface area contributed by atoms with Gasteiger partial charge in [-0.15, -0.1) is 0 Å². The predicted octanol–water partition coefficient (Wildman–Crippen LogP) is 2.06. The number of carbonyl (C=O) groups is 2. The maximum absolute atomic E-state index is 12.8. The Morgan fingerprint density at radius 1 is 1.12 bits per heavy atom. The molecular formula is C20H28N4O2. The normalized spacial score (nSPS) is 24.4. The highest BCUT2D eigenvalue weighted by Crippen LogP contribution is 2.59. The standard InChI is InChI=1S/C20H28N4O2/c1-15-3-2-4-16(13-15)22-19(26)24-11-9-23(10-12-24)18(25)17-14-20(17)5-7-21-8-6-20/h2-4,13,17,21H,5-12,14H2,1H3,(H,22,26). The van der Waals surface area contributed by atoms with E-state index in [-0.39, 0.29) is 17.4 Å². The number of amides is 3. The van der Waals surface area contributed by atoms with Crippen molar-refractivity contribution in [2.45, 2.75) is 26.2 Å². The molecule has 1 saturated carbocycles. The molecule has 0 bridgehead atoms. The lowest BCUT2D eigenvalue weighted by atomic mass is 9.91. The van der Waals surface area contributed by atoms with Gasteiger partial charge in [-0.25, -0.2) is 4.79 Å². The molecule has 0 radical (unpaired) electrons. The van der Waals surface area contributed by atoms with Gasteiger partial charge in [-0.2, -0.15) is 0 Å². The summed E-state index contributed by atoms with van der Waals surface area (Å²) in [5, 5.41) is 6.34. The number of nitrogens with zero attached hydrogens (tertiary/aromatic N) is 2. The number of hydrogen-bond donors (Lipinski definition) is 2. The molecule has 26 heavy (non-hydrogen) atoms. The number of urea groups is 1. The van der Waals surface area contributed by atoms with Crippen molar-refractivity contribution in [3.63, 3.8) is 0 Å². The fraction of sp³-hybridized carbons (Fsp3) is 0.600. The van der Waals surface area contributed by atoms with E-state index in [2.05, 4.69) is 10.6 Å². The van der Waals surface area contributed by atoms with Crippen LogP contribution in [0.3, 0.4) is 0 Å². The molecule has 2 saturated heterocycles. The zero-order valence-electron chi connectivity index (χ0n) is 15.5. The van der Waals surface area contributed by atoms with Gasteiger partial charge in [0.15, 0.2) is 0 Å². The van der Waals surface area contributed by atoms with Crippen molar-refractivity contribution in [1.82, 2.24) is 15.1 Å². The van der Waals surface area contributed by atoms with Crippen LogP contribution >= 0.6 is 0 Å². The van der Waals surface area contributed by atoms with Crippen molar-refractivity contribution >= 4 is 17.6 Å². The first-order valence-electron chi connectivity index (χ1n) is 9.70. The lowest BCUT2D eigenvalue weighted by Gasteiger charge is -2.35. The van der Waals surface area contributed by atoms with Crippen molar-refractivity contribution < 1.29 is 9.59 Å². The lowest BCUT2D eigenvalue weighted by Crippen LogP contribution is -2.52. The monoisotopic (exact) mass is 356 g/mol. The van der Waals surface area contributed by atoms with Crippen molar-refractivity contribution in [2.24, 2.45) is 11.3 Å². The van der Waals surface area contributed by atoms with E-state index in [9.17, 15) is 9.59 Å². The smallest absolute Gasteiger partial charge is 0.321 e. The molecule has 2 heterocycles. The molecule has 1 aromatic carbocycles. The van der Waals surface area contributed by atoms with Gasteiger partial charge >= 0.3 is 6.03 Å². The summed E-state index contributed by atoms with van der Waals surface area (Å²) < 4.78 is 0. The van der Waals surface area contributed by atoms with Crippen LogP contribution in [0.25, 0.3) is 0 Å². The second-order valence-electron chi connectivity index (χ2n) is 7.98. The van der Waals surface area contributed by atoms with Gasteiger partial charge in [0.2, 0.25) is 5.91 Å². The summed E-state index contributed by atoms with van der Waals surface area (Å²) in [4.78, 5) is 29.0. The van der Waals surface area contributed by atoms with Gasteiger partial charge in [-0.3, -0.25) is 4.79 Å².